The first kappa shape index (κ1) is 15.3. The molecule has 2 rings (SSSR count). The molecule has 1 unspecified atom stereocenters. The quantitative estimate of drug-likeness (QED) is 0.850. The Morgan fingerprint density at radius 2 is 1.86 bits per heavy atom. The van der Waals surface area contributed by atoms with E-state index >= 15 is 0 Å². The van der Waals surface area contributed by atoms with Crippen molar-refractivity contribution in [3.8, 4) is 5.75 Å². The molecule has 0 aliphatic carbocycles. The molecule has 0 aromatic heterocycles. The van der Waals surface area contributed by atoms with Crippen LogP contribution in [-0.2, 0) is 0 Å². The minimum atomic E-state index is -0.413. The third-order valence-electron chi connectivity index (χ3n) is 3.31. The van der Waals surface area contributed by atoms with Crippen LogP contribution >= 0.6 is 0 Å². The van der Waals surface area contributed by atoms with Gasteiger partial charge in [0.05, 0.1) is 6.61 Å². The number of hydrogen-bond acceptors (Lipinski definition) is 2. The van der Waals surface area contributed by atoms with Crippen molar-refractivity contribution in [2.75, 3.05) is 11.9 Å². The molecule has 0 fully saturated rings. The number of nitrogens with one attached hydrogen (secondary N) is 1. The molecule has 0 saturated heterocycles. The highest BCUT2D eigenvalue weighted by atomic mass is 19.1. The van der Waals surface area contributed by atoms with Crippen molar-refractivity contribution in [1.82, 2.24) is 0 Å². The van der Waals surface area contributed by atoms with E-state index in [-0.39, 0.29) is 17.6 Å². The van der Waals surface area contributed by atoms with E-state index in [9.17, 15) is 8.78 Å². The second kappa shape index (κ2) is 6.57. The van der Waals surface area contributed by atoms with Gasteiger partial charge in [-0.2, -0.15) is 0 Å². The summed E-state index contributed by atoms with van der Waals surface area (Å²) in [6.45, 7) is 5.85. The van der Waals surface area contributed by atoms with Crippen LogP contribution in [0.3, 0.4) is 0 Å². The van der Waals surface area contributed by atoms with Crippen LogP contribution in [0.1, 0.15) is 31.0 Å². The number of hydrogen-bond donors (Lipinski definition) is 1. The lowest BCUT2D eigenvalue weighted by molar-refractivity contribution is 0.321. The van der Waals surface area contributed by atoms with Crippen molar-refractivity contribution in [2.24, 2.45) is 0 Å². The standard InChI is InChI=1S/C17H19F2NO/c1-4-21-17-8-7-14(10-16(17)19)20-12(3)13-6-5-11(2)15(18)9-13/h5-10,12,20H,4H2,1-3H3. The lowest BCUT2D eigenvalue weighted by Crippen LogP contribution is -2.07. The van der Waals surface area contributed by atoms with Gasteiger partial charge in [-0.15, -0.1) is 0 Å². The number of rotatable bonds is 5. The van der Waals surface area contributed by atoms with E-state index in [1.54, 1.807) is 32.0 Å². The first-order chi connectivity index (χ1) is 10.0. The number of ether oxygens (including phenoxy) is 1. The third kappa shape index (κ3) is 3.72. The molecular formula is C17H19F2NO. The van der Waals surface area contributed by atoms with Crippen LogP contribution in [0.4, 0.5) is 14.5 Å². The Bertz CT molecular complexity index is 628. The zero-order valence-corrected chi connectivity index (χ0v) is 12.4. The van der Waals surface area contributed by atoms with E-state index in [0.717, 1.165) is 5.56 Å². The molecule has 0 heterocycles. The summed E-state index contributed by atoms with van der Waals surface area (Å²) in [5, 5.41) is 3.15. The summed E-state index contributed by atoms with van der Waals surface area (Å²) in [4.78, 5) is 0. The third-order valence-corrected chi connectivity index (χ3v) is 3.31. The van der Waals surface area contributed by atoms with Gasteiger partial charge in [-0.05, 0) is 50.1 Å². The van der Waals surface area contributed by atoms with Gasteiger partial charge in [-0.1, -0.05) is 12.1 Å². The van der Waals surface area contributed by atoms with E-state index < -0.39 is 5.82 Å². The van der Waals surface area contributed by atoms with Crippen LogP contribution in [0.15, 0.2) is 36.4 Å². The first-order valence-corrected chi connectivity index (χ1v) is 6.96. The van der Waals surface area contributed by atoms with Crippen LogP contribution in [-0.4, -0.2) is 6.61 Å². The van der Waals surface area contributed by atoms with Gasteiger partial charge in [-0.25, -0.2) is 8.78 Å². The van der Waals surface area contributed by atoms with E-state index in [0.29, 0.717) is 17.9 Å². The fourth-order valence-electron chi connectivity index (χ4n) is 2.07. The minimum Gasteiger partial charge on any atom is -0.491 e. The van der Waals surface area contributed by atoms with E-state index in [4.69, 9.17) is 4.74 Å². The van der Waals surface area contributed by atoms with E-state index in [2.05, 4.69) is 5.32 Å². The highest BCUT2D eigenvalue weighted by Gasteiger charge is 2.10. The predicted molar refractivity (Wildman–Crippen MR) is 80.7 cm³/mol. The Hall–Kier alpha value is -2.10. The Morgan fingerprint density at radius 1 is 1.10 bits per heavy atom. The van der Waals surface area contributed by atoms with Gasteiger partial charge in [0.25, 0.3) is 0 Å². The van der Waals surface area contributed by atoms with E-state index in [1.807, 2.05) is 13.0 Å². The molecule has 0 saturated carbocycles. The maximum Gasteiger partial charge on any atom is 0.167 e. The van der Waals surface area contributed by atoms with Crippen molar-refractivity contribution in [3.05, 3.63) is 59.2 Å². The summed E-state index contributed by atoms with van der Waals surface area (Å²) in [5.41, 5.74) is 2.05. The molecule has 0 spiro atoms. The normalized spacial score (nSPS) is 12.0. The Morgan fingerprint density at radius 3 is 2.48 bits per heavy atom. The molecule has 1 N–H and O–H groups in total. The molecule has 112 valence electrons. The smallest absolute Gasteiger partial charge is 0.167 e. The van der Waals surface area contributed by atoms with Gasteiger partial charge in [0.1, 0.15) is 5.82 Å². The van der Waals surface area contributed by atoms with E-state index in [1.165, 1.54) is 12.1 Å². The summed E-state index contributed by atoms with van der Waals surface area (Å²) in [6.07, 6.45) is 0. The molecule has 0 radical (unpaired) electrons. The maximum absolute atomic E-state index is 13.8. The highest BCUT2D eigenvalue weighted by molar-refractivity contribution is 5.49. The molecule has 21 heavy (non-hydrogen) atoms. The summed E-state index contributed by atoms with van der Waals surface area (Å²) < 4.78 is 32.5. The van der Waals surface area contributed by atoms with Gasteiger partial charge < -0.3 is 10.1 Å². The molecule has 2 aromatic carbocycles. The summed E-state index contributed by atoms with van der Waals surface area (Å²) >= 11 is 0. The van der Waals surface area contributed by atoms with Gasteiger partial charge in [0, 0.05) is 17.8 Å². The molecular weight excluding hydrogens is 272 g/mol. The summed E-state index contributed by atoms with van der Waals surface area (Å²) in [5.74, 6) is -0.416. The number of aryl methyl sites for hydroxylation is 1. The molecule has 2 aromatic rings. The minimum absolute atomic E-state index is 0.127. The van der Waals surface area contributed by atoms with Crippen LogP contribution in [0.2, 0.25) is 0 Å². The topological polar surface area (TPSA) is 21.3 Å². The number of benzene rings is 2. The predicted octanol–water partition coefficient (Wildman–Crippen LogP) is 4.85. The summed E-state index contributed by atoms with van der Waals surface area (Å²) in [6, 6.07) is 9.68. The molecule has 4 heteroatoms. The first-order valence-electron chi connectivity index (χ1n) is 6.96. The SMILES string of the molecule is CCOc1ccc(NC(C)c2ccc(C)c(F)c2)cc1F. The Balaban J connectivity index is 2.13. The fourth-order valence-corrected chi connectivity index (χ4v) is 2.07. The number of halogens is 2. The molecule has 0 bridgehead atoms. The van der Waals surface area contributed by atoms with Crippen molar-refractivity contribution in [2.45, 2.75) is 26.8 Å². The zero-order valence-electron chi connectivity index (χ0n) is 12.4. The largest absolute Gasteiger partial charge is 0.491 e. The van der Waals surface area contributed by atoms with Crippen molar-refractivity contribution in [1.29, 1.82) is 0 Å². The second-order valence-electron chi connectivity index (χ2n) is 4.95. The molecule has 0 aliphatic rings. The number of anilines is 1. The van der Waals surface area contributed by atoms with Gasteiger partial charge >= 0.3 is 0 Å². The van der Waals surface area contributed by atoms with Crippen LogP contribution in [0.5, 0.6) is 5.75 Å². The molecule has 0 aliphatic heterocycles. The molecule has 0 amide bonds. The van der Waals surface area contributed by atoms with Gasteiger partial charge in [0.15, 0.2) is 11.6 Å². The second-order valence-corrected chi connectivity index (χ2v) is 4.95. The maximum atomic E-state index is 13.8. The average Bonchev–Trinajstić information content (AvgIpc) is 2.45. The van der Waals surface area contributed by atoms with Crippen LogP contribution in [0.25, 0.3) is 0 Å². The molecule has 2 nitrogen and oxygen atoms in total. The fraction of sp³-hybridized carbons (Fsp3) is 0.294. The van der Waals surface area contributed by atoms with Gasteiger partial charge in [-0.3, -0.25) is 0 Å². The lowest BCUT2D eigenvalue weighted by Gasteiger charge is -2.17. The Kier molecular flexibility index (Phi) is 4.78. The van der Waals surface area contributed by atoms with Crippen molar-refractivity contribution in [3.63, 3.8) is 0 Å². The average molecular weight is 291 g/mol. The van der Waals surface area contributed by atoms with Crippen molar-refractivity contribution < 1.29 is 13.5 Å². The molecule has 1 atom stereocenters. The monoisotopic (exact) mass is 291 g/mol. The van der Waals surface area contributed by atoms with Crippen LogP contribution in [0, 0.1) is 18.6 Å². The lowest BCUT2D eigenvalue weighted by atomic mass is 10.1. The zero-order chi connectivity index (χ0) is 15.4. The Labute approximate surface area is 123 Å². The van der Waals surface area contributed by atoms with Crippen molar-refractivity contribution >= 4 is 5.69 Å². The summed E-state index contributed by atoms with van der Waals surface area (Å²) in [7, 11) is 0. The van der Waals surface area contributed by atoms with Crippen LogP contribution < -0.4 is 10.1 Å². The van der Waals surface area contributed by atoms with Gasteiger partial charge in [0.2, 0.25) is 0 Å². The highest BCUT2D eigenvalue weighted by Crippen LogP contribution is 2.25.